The molecule has 3 nitrogen and oxygen atoms in total. The fraction of sp³-hybridized carbons (Fsp3) is 0.500. The van der Waals surface area contributed by atoms with Crippen LogP contribution in [0.3, 0.4) is 0 Å². The normalized spacial score (nSPS) is 30.4. The Morgan fingerprint density at radius 1 is 1.39 bits per heavy atom. The number of rotatable bonds is 1. The van der Waals surface area contributed by atoms with Gasteiger partial charge >= 0.3 is 0 Å². The summed E-state index contributed by atoms with van der Waals surface area (Å²) >= 11 is 8.00. The summed E-state index contributed by atoms with van der Waals surface area (Å²) < 4.78 is 7.27. The SMILES string of the molecule is Cc1cc([C@@H]2C[C@]3(C[C@H](C)N2)OCCc2cc(Cl)sc23)ccn1. The second kappa shape index (κ2) is 5.85. The molecule has 2 aromatic rings. The quantitative estimate of drug-likeness (QED) is 0.830. The van der Waals surface area contributed by atoms with E-state index < -0.39 is 0 Å². The van der Waals surface area contributed by atoms with Gasteiger partial charge in [0.1, 0.15) is 5.60 Å². The molecule has 0 aromatic carbocycles. The van der Waals surface area contributed by atoms with E-state index in [1.54, 1.807) is 11.3 Å². The smallest absolute Gasteiger partial charge is 0.106 e. The highest BCUT2D eigenvalue weighted by atomic mass is 35.5. The van der Waals surface area contributed by atoms with Crippen LogP contribution < -0.4 is 5.32 Å². The lowest BCUT2D eigenvalue weighted by Gasteiger charge is -2.46. The van der Waals surface area contributed by atoms with Gasteiger partial charge in [0.2, 0.25) is 0 Å². The first kappa shape index (κ1) is 15.6. The summed E-state index contributed by atoms with van der Waals surface area (Å²) in [7, 11) is 0. The predicted molar refractivity (Wildman–Crippen MR) is 94.2 cm³/mol. The third kappa shape index (κ3) is 2.82. The molecule has 0 saturated carbocycles. The first-order chi connectivity index (χ1) is 11.1. The van der Waals surface area contributed by atoms with Crippen molar-refractivity contribution >= 4 is 22.9 Å². The number of ether oxygens (including phenoxy) is 1. The van der Waals surface area contributed by atoms with Crippen molar-refractivity contribution in [3.05, 3.63) is 50.4 Å². The summed E-state index contributed by atoms with van der Waals surface area (Å²) in [5.74, 6) is 0. The summed E-state index contributed by atoms with van der Waals surface area (Å²) in [5, 5.41) is 3.73. The molecule has 4 rings (SSSR count). The molecule has 23 heavy (non-hydrogen) atoms. The Kier molecular flexibility index (Phi) is 3.96. The van der Waals surface area contributed by atoms with Crippen LogP contribution in [0.1, 0.15) is 47.5 Å². The molecular weight excluding hydrogens is 328 g/mol. The number of pyridine rings is 1. The highest BCUT2D eigenvalue weighted by molar-refractivity contribution is 7.16. The molecule has 1 spiro atoms. The van der Waals surface area contributed by atoms with Gasteiger partial charge in [-0.15, -0.1) is 11.3 Å². The van der Waals surface area contributed by atoms with Crippen LogP contribution in [-0.4, -0.2) is 17.6 Å². The fourth-order valence-electron chi connectivity index (χ4n) is 4.06. The number of hydrogen-bond donors (Lipinski definition) is 1. The Balaban J connectivity index is 1.73. The largest absolute Gasteiger partial charge is 0.369 e. The summed E-state index contributed by atoms with van der Waals surface area (Å²) in [5.41, 5.74) is 3.53. The van der Waals surface area contributed by atoms with E-state index in [1.165, 1.54) is 16.0 Å². The molecule has 0 radical (unpaired) electrons. The van der Waals surface area contributed by atoms with Crippen LogP contribution in [0, 0.1) is 6.92 Å². The zero-order valence-corrected chi connectivity index (χ0v) is 15.0. The maximum Gasteiger partial charge on any atom is 0.106 e. The standard InChI is InChI=1S/C18H21ClN2OS/c1-11-7-13(3-5-20-11)15-10-18(9-12(2)21-15)17-14(4-6-22-18)8-16(19)23-17/h3,5,7-8,12,15,21H,4,6,9-10H2,1-2H3/t12-,15-,18-/m0/s1. The van der Waals surface area contributed by atoms with Gasteiger partial charge in [-0.25, -0.2) is 0 Å². The van der Waals surface area contributed by atoms with Gasteiger partial charge in [-0.1, -0.05) is 11.6 Å². The lowest BCUT2D eigenvalue weighted by Crippen LogP contribution is -2.49. The zero-order valence-electron chi connectivity index (χ0n) is 13.4. The summed E-state index contributed by atoms with van der Waals surface area (Å²) in [4.78, 5) is 5.67. The van der Waals surface area contributed by atoms with E-state index >= 15 is 0 Å². The van der Waals surface area contributed by atoms with Gasteiger partial charge in [-0.2, -0.15) is 0 Å². The molecule has 2 aliphatic rings. The molecule has 5 heteroatoms. The number of nitrogens with zero attached hydrogens (tertiary/aromatic N) is 1. The van der Waals surface area contributed by atoms with Crippen molar-refractivity contribution in [3.63, 3.8) is 0 Å². The first-order valence-electron chi connectivity index (χ1n) is 8.17. The van der Waals surface area contributed by atoms with E-state index in [1.807, 2.05) is 13.1 Å². The van der Waals surface area contributed by atoms with Crippen molar-refractivity contribution in [2.75, 3.05) is 6.61 Å². The van der Waals surface area contributed by atoms with E-state index in [-0.39, 0.29) is 11.6 Å². The molecule has 1 saturated heterocycles. The van der Waals surface area contributed by atoms with Crippen LogP contribution in [0.4, 0.5) is 0 Å². The average Bonchev–Trinajstić information content (AvgIpc) is 2.89. The van der Waals surface area contributed by atoms with Crippen molar-refractivity contribution in [2.24, 2.45) is 0 Å². The minimum Gasteiger partial charge on any atom is -0.369 e. The predicted octanol–water partition coefficient (Wildman–Crippen LogP) is 4.39. The second-order valence-corrected chi connectivity index (χ2v) is 8.44. The van der Waals surface area contributed by atoms with Crippen molar-refractivity contribution < 1.29 is 4.74 Å². The maximum atomic E-state index is 6.39. The lowest BCUT2D eigenvalue weighted by molar-refractivity contribution is -0.0954. The van der Waals surface area contributed by atoms with E-state index in [0.29, 0.717) is 6.04 Å². The van der Waals surface area contributed by atoms with E-state index in [2.05, 4.69) is 35.4 Å². The number of nitrogens with one attached hydrogen (secondary N) is 1. The molecule has 122 valence electrons. The summed E-state index contributed by atoms with van der Waals surface area (Å²) in [6, 6.07) is 7.10. The van der Waals surface area contributed by atoms with Gasteiger partial charge in [0.05, 0.1) is 10.9 Å². The molecule has 0 bridgehead atoms. The van der Waals surface area contributed by atoms with E-state index in [0.717, 1.165) is 35.9 Å². The molecule has 0 aliphatic carbocycles. The lowest BCUT2D eigenvalue weighted by atomic mass is 9.78. The number of thiophene rings is 1. The Bertz CT molecular complexity index is 732. The Labute approximate surface area is 146 Å². The number of fused-ring (bicyclic) bond motifs is 2. The Hall–Kier alpha value is -0.940. The third-order valence-corrected chi connectivity index (χ3v) is 6.41. The van der Waals surface area contributed by atoms with Crippen molar-refractivity contribution in [1.82, 2.24) is 10.3 Å². The molecule has 3 atom stereocenters. The molecule has 2 aliphatic heterocycles. The van der Waals surface area contributed by atoms with Gasteiger partial charge in [-0.05, 0) is 56.0 Å². The fourth-order valence-corrected chi connectivity index (χ4v) is 5.52. The molecule has 0 unspecified atom stereocenters. The van der Waals surface area contributed by atoms with Crippen molar-refractivity contribution in [2.45, 2.75) is 50.8 Å². The molecule has 4 heterocycles. The van der Waals surface area contributed by atoms with Crippen LogP contribution in [0.5, 0.6) is 0 Å². The van der Waals surface area contributed by atoms with Gasteiger partial charge in [0, 0.05) is 35.3 Å². The topological polar surface area (TPSA) is 34.1 Å². The summed E-state index contributed by atoms with van der Waals surface area (Å²) in [6.07, 6.45) is 4.82. The number of hydrogen-bond acceptors (Lipinski definition) is 4. The molecular formula is C18H21ClN2OS. The van der Waals surface area contributed by atoms with Crippen LogP contribution in [0.25, 0.3) is 0 Å². The molecule has 2 aromatic heterocycles. The van der Waals surface area contributed by atoms with Gasteiger partial charge < -0.3 is 10.1 Å². The van der Waals surface area contributed by atoms with Crippen LogP contribution in [-0.2, 0) is 16.8 Å². The molecule has 1 fully saturated rings. The van der Waals surface area contributed by atoms with Gasteiger partial charge in [-0.3, -0.25) is 4.98 Å². The minimum absolute atomic E-state index is 0.197. The minimum atomic E-state index is -0.197. The highest BCUT2D eigenvalue weighted by Crippen LogP contribution is 2.49. The first-order valence-corrected chi connectivity index (χ1v) is 9.36. The number of aryl methyl sites for hydroxylation is 1. The average molecular weight is 349 g/mol. The molecule has 1 N–H and O–H groups in total. The number of aromatic nitrogens is 1. The van der Waals surface area contributed by atoms with E-state index in [9.17, 15) is 0 Å². The van der Waals surface area contributed by atoms with Crippen LogP contribution >= 0.6 is 22.9 Å². The Morgan fingerprint density at radius 2 is 2.26 bits per heavy atom. The van der Waals surface area contributed by atoms with Crippen molar-refractivity contribution in [3.8, 4) is 0 Å². The summed E-state index contributed by atoms with van der Waals surface area (Å²) in [6.45, 7) is 5.07. The second-order valence-electron chi connectivity index (χ2n) is 6.76. The van der Waals surface area contributed by atoms with Gasteiger partial charge in [0.25, 0.3) is 0 Å². The highest BCUT2D eigenvalue weighted by Gasteiger charge is 2.46. The van der Waals surface area contributed by atoms with Crippen LogP contribution in [0.2, 0.25) is 4.34 Å². The van der Waals surface area contributed by atoms with E-state index in [4.69, 9.17) is 16.3 Å². The maximum absolute atomic E-state index is 6.39. The number of piperidine rings is 1. The Morgan fingerprint density at radius 3 is 3.09 bits per heavy atom. The zero-order chi connectivity index (χ0) is 16.0. The van der Waals surface area contributed by atoms with Gasteiger partial charge in [0.15, 0.2) is 0 Å². The van der Waals surface area contributed by atoms with Crippen LogP contribution in [0.15, 0.2) is 24.4 Å². The third-order valence-electron chi connectivity index (χ3n) is 4.92. The monoisotopic (exact) mass is 348 g/mol. The number of halogens is 1. The van der Waals surface area contributed by atoms with Crippen molar-refractivity contribution in [1.29, 1.82) is 0 Å². The molecule has 0 amide bonds.